The zero-order valence-corrected chi connectivity index (χ0v) is 12.9. The summed E-state index contributed by atoms with van der Waals surface area (Å²) >= 11 is 0. The van der Waals surface area contributed by atoms with Gasteiger partial charge >= 0.3 is 0 Å². The van der Waals surface area contributed by atoms with Crippen molar-refractivity contribution in [3.05, 3.63) is 29.1 Å². The van der Waals surface area contributed by atoms with Gasteiger partial charge in [0.25, 0.3) is 0 Å². The van der Waals surface area contributed by atoms with Gasteiger partial charge in [0.1, 0.15) is 12.4 Å². The van der Waals surface area contributed by atoms with E-state index < -0.39 is 0 Å². The van der Waals surface area contributed by atoms with Gasteiger partial charge in [-0.05, 0) is 63.0 Å². The van der Waals surface area contributed by atoms with Crippen LogP contribution in [0.1, 0.15) is 36.2 Å². The minimum Gasteiger partial charge on any atom is -0.313 e. The van der Waals surface area contributed by atoms with E-state index in [1.807, 2.05) is 0 Å². The van der Waals surface area contributed by atoms with Gasteiger partial charge in [-0.25, -0.2) is 4.98 Å². The van der Waals surface area contributed by atoms with E-state index in [0.29, 0.717) is 6.54 Å². The zero-order chi connectivity index (χ0) is 14.8. The van der Waals surface area contributed by atoms with E-state index in [0.717, 1.165) is 36.5 Å². The number of hydrogen-bond acceptors (Lipinski definition) is 3. The lowest BCUT2D eigenvalue weighted by molar-refractivity contribution is 0.214. The van der Waals surface area contributed by atoms with Gasteiger partial charge in [-0.1, -0.05) is 6.42 Å². The van der Waals surface area contributed by atoms with Gasteiger partial charge in [0, 0.05) is 0 Å². The second kappa shape index (κ2) is 5.87. The molecule has 1 aromatic heterocycles. The molecule has 0 amide bonds. The first-order valence-electron chi connectivity index (χ1n) is 7.74. The van der Waals surface area contributed by atoms with Crippen molar-refractivity contribution in [3.8, 4) is 6.07 Å². The highest BCUT2D eigenvalue weighted by atomic mass is 15.2. The Balaban J connectivity index is 2.00. The molecular formula is C17H22N4. The van der Waals surface area contributed by atoms with Crippen LogP contribution >= 0.6 is 0 Å². The third kappa shape index (κ3) is 2.79. The van der Waals surface area contributed by atoms with Crippen LogP contribution in [-0.2, 0) is 13.1 Å². The second-order valence-electron chi connectivity index (χ2n) is 6.03. The van der Waals surface area contributed by atoms with Gasteiger partial charge in [-0.15, -0.1) is 0 Å². The fraction of sp³-hybridized carbons (Fsp3) is 0.529. The minimum atomic E-state index is 0.377. The molecule has 1 aromatic carbocycles. The first kappa shape index (κ1) is 14.1. The monoisotopic (exact) mass is 282 g/mol. The number of benzene rings is 1. The van der Waals surface area contributed by atoms with Gasteiger partial charge in [0.05, 0.1) is 23.6 Å². The van der Waals surface area contributed by atoms with Crippen LogP contribution in [0.4, 0.5) is 0 Å². The summed E-state index contributed by atoms with van der Waals surface area (Å²) in [5.41, 5.74) is 4.62. The Morgan fingerprint density at radius 1 is 1.14 bits per heavy atom. The molecule has 0 unspecified atom stereocenters. The van der Waals surface area contributed by atoms with Crippen molar-refractivity contribution in [1.82, 2.24) is 14.5 Å². The number of rotatable bonds is 3. The van der Waals surface area contributed by atoms with E-state index in [1.54, 1.807) is 0 Å². The average Bonchev–Trinajstić information content (AvgIpc) is 2.79. The van der Waals surface area contributed by atoms with Crippen molar-refractivity contribution in [2.45, 2.75) is 46.2 Å². The normalized spacial score (nSPS) is 16.2. The molecule has 0 saturated carbocycles. The molecule has 4 heteroatoms. The summed E-state index contributed by atoms with van der Waals surface area (Å²) in [7, 11) is 0. The summed E-state index contributed by atoms with van der Waals surface area (Å²) in [6, 6.07) is 6.58. The molecule has 2 heterocycles. The summed E-state index contributed by atoms with van der Waals surface area (Å²) in [5, 5.41) is 9.14. The van der Waals surface area contributed by atoms with E-state index in [-0.39, 0.29) is 0 Å². The van der Waals surface area contributed by atoms with E-state index >= 15 is 0 Å². The molecule has 0 atom stereocenters. The van der Waals surface area contributed by atoms with Crippen LogP contribution in [0.2, 0.25) is 0 Å². The lowest BCUT2D eigenvalue weighted by Gasteiger charge is -2.26. The highest BCUT2D eigenvalue weighted by Gasteiger charge is 2.16. The SMILES string of the molecule is Cc1cc2nc(CN3CCCCC3)n(CC#N)c2cc1C. The molecule has 3 rings (SSSR count). The third-order valence-electron chi connectivity index (χ3n) is 4.49. The fourth-order valence-corrected chi connectivity index (χ4v) is 3.12. The molecule has 110 valence electrons. The molecular weight excluding hydrogens is 260 g/mol. The number of nitrogens with zero attached hydrogens (tertiary/aromatic N) is 4. The molecule has 1 fully saturated rings. The van der Waals surface area contributed by atoms with Crippen molar-refractivity contribution in [2.24, 2.45) is 0 Å². The van der Waals surface area contributed by atoms with Crippen LogP contribution in [0, 0.1) is 25.2 Å². The summed E-state index contributed by atoms with van der Waals surface area (Å²) in [4.78, 5) is 7.25. The standard InChI is InChI=1S/C17H22N4/c1-13-10-15-16(11-14(13)2)21(9-6-18)17(19-15)12-20-7-4-3-5-8-20/h10-11H,3-5,7-9,12H2,1-2H3. The molecule has 0 bridgehead atoms. The first-order valence-corrected chi connectivity index (χ1v) is 7.74. The Kier molecular flexibility index (Phi) is 3.94. The van der Waals surface area contributed by atoms with Crippen molar-refractivity contribution < 1.29 is 0 Å². The number of aromatic nitrogens is 2. The van der Waals surface area contributed by atoms with Gasteiger partial charge in [-0.2, -0.15) is 5.26 Å². The highest BCUT2D eigenvalue weighted by molar-refractivity contribution is 5.78. The maximum Gasteiger partial charge on any atom is 0.125 e. The van der Waals surface area contributed by atoms with Crippen LogP contribution in [0.5, 0.6) is 0 Å². The number of imidazole rings is 1. The summed E-state index contributed by atoms with van der Waals surface area (Å²) < 4.78 is 2.08. The Bertz CT molecular complexity index is 687. The number of aryl methyl sites for hydroxylation is 2. The smallest absolute Gasteiger partial charge is 0.125 e. The Morgan fingerprint density at radius 3 is 2.57 bits per heavy atom. The molecule has 1 aliphatic heterocycles. The van der Waals surface area contributed by atoms with Crippen molar-refractivity contribution in [1.29, 1.82) is 5.26 Å². The third-order valence-corrected chi connectivity index (χ3v) is 4.49. The van der Waals surface area contributed by atoms with Gasteiger partial charge in [0.2, 0.25) is 0 Å². The lowest BCUT2D eigenvalue weighted by Crippen LogP contribution is -2.30. The van der Waals surface area contributed by atoms with E-state index in [2.05, 4.69) is 41.5 Å². The topological polar surface area (TPSA) is 44.9 Å². The number of likely N-dealkylation sites (tertiary alicyclic amines) is 1. The maximum absolute atomic E-state index is 9.14. The molecule has 1 saturated heterocycles. The molecule has 0 radical (unpaired) electrons. The summed E-state index contributed by atoms with van der Waals surface area (Å²) in [5.74, 6) is 1.03. The zero-order valence-electron chi connectivity index (χ0n) is 12.9. The Labute approximate surface area is 126 Å². The van der Waals surface area contributed by atoms with E-state index in [9.17, 15) is 0 Å². The minimum absolute atomic E-state index is 0.377. The molecule has 2 aromatic rings. The van der Waals surface area contributed by atoms with Crippen LogP contribution < -0.4 is 0 Å². The van der Waals surface area contributed by atoms with Crippen molar-refractivity contribution >= 4 is 11.0 Å². The number of nitriles is 1. The number of hydrogen-bond donors (Lipinski definition) is 0. The largest absolute Gasteiger partial charge is 0.313 e. The van der Waals surface area contributed by atoms with Crippen LogP contribution in [0.15, 0.2) is 12.1 Å². The molecule has 21 heavy (non-hydrogen) atoms. The summed E-state index contributed by atoms with van der Waals surface area (Å²) in [6.45, 7) is 7.75. The van der Waals surface area contributed by atoms with Crippen LogP contribution in [0.3, 0.4) is 0 Å². The quantitative estimate of drug-likeness (QED) is 0.868. The van der Waals surface area contributed by atoms with Crippen LogP contribution in [-0.4, -0.2) is 27.5 Å². The molecule has 0 N–H and O–H groups in total. The molecule has 1 aliphatic rings. The van der Waals surface area contributed by atoms with Gasteiger partial charge < -0.3 is 4.57 Å². The average molecular weight is 282 g/mol. The van der Waals surface area contributed by atoms with E-state index in [4.69, 9.17) is 10.2 Å². The highest BCUT2D eigenvalue weighted by Crippen LogP contribution is 2.22. The Morgan fingerprint density at radius 2 is 1.86 bits per heavy atom. The van der Waals surface area contributed by atoms with Crippen LogP contribution in [0.25, 0.3) is 11.0 Å². The van der Waals surface area contributed by atoms with Crippen molar-refractivity contribution in [2.75, 3.05) is 13.1 Å². The Hall–Kier alpha value is -1.86. The number of fused-ring (bicyclic) bond motifs is 1. The fourth-order valence-electron chi connectivity index (χ4n) is 3.12. The molecule has 4 nitrogen and oxygen atoms in total. The van der Waals surface area contributed by atoms with Gasteiger partial charge in [0.15, 0.2) is 0 Å². The molecule has 0 aliphatic carbocycles. The summed E-state index contributed by atoms with van der Waals surface area (Å²) in [6.07, 6.45) is 3.89. The first-order chi connectivity index (χ1) is 10.2. The second-order valence-corrected chi connectivity index (χ2v) is 6.03. The maximum atomic E-state index is 9.14. The predicted molar refractivity (Wildman–Crippen MR) is 83.9 cm³/mol. The van der Waals surface area contributed by atoms with E-state index in [1.165, 1.54) is 30.4 Å². The van der Waals surface area contributed by atoms with Crippen molar-refractivity contribution in [3.63, 3.8) is 0 Å². The molecule has 0 spiro atoms. The van der Waals surface area contributed by atoms with Gasteiger partial charge in [-0.3, -0.25) is 4.90 Å². The number of piperidine rings is 1. The predicted octanol–water partition coefficient (Wildman–Crippen LogP) is 3.16. The lowest BCUT2D eigenvalue weighted by atomic mass is 10.1.